The van der Waals surface area contributed by atoms with Gasteiger partial charge in [0.15, 0.2) is 0 Å². The van der Waals surface area contributed by atoms with Gasteiger partial charge in [0.1, 0.15) is 0 Å². The average Bonchev–Trinajstić information content (AvgIpc) is 2.42. The van der Waals surface area contributed by atoms with Crippen molar-refractivity contribution in [3.8, 4) is 0 Å². The topological polar surface area (TPSA) is 0 Å². The molecule has 0 atom stereocenters. The lowest BCUT2D eigenvalue weighted by Crippen LogP contribution is -2.10. The van der Waals surface area contributed by atoms with Crippen molar-refractivity contribution >= 4 is 0 Å². The molecule has 2 aromatic carbocycles. The van der Waals surface area contributed by atoms with Crippen molar-refractivity contribution in [3.05, 3.63) is 70.3 Å². The molecule has 21 heavy (non-hydrogen) atoms. The van der Waals surface area contributed by atoms with E-state index in [9.17, 15) is 0 Å². The Bertz CT molecular complexity index is 582. The lowest BCUT2D eigenvalue weighted by molar-refractivity contribution is 0.590. The van der Waals surface area contributed by atoms with Gasteiger partial charge in [0, 0.05) is 0 Å². The van der Waals surface area contributed by atoms with E-state index in [4.69, 9.17) is 0 Å². The first-order valence-electron chi connectivity index (χ1n) is 8.02. The summed E-state index contributed by atoms with van der Waals surface area (Å²) in [7, 11) is 0. The molecule has 0 aliphatic rings. The number of benzene rings is 2. The van der Waals surface area contributed by atoms with E-state index in [-0.39, 0.29) is 5.41 Å². The van der Waals surface area contributed by atoms with Gasteiger partial charge in [0.2, 0.25) is 0 Å². The van der Waals surface area contributed by atoms with Crippen molar-refractivity contribution in [1.29, 1.82) is 0 Å². The molecule has 0 spiro atoms. The average molecular weight is 280 g/mol. The predicted octanol–water partition coefficient (Wildman–Crippen LogP) is 5.78. The summed E-state index contributed by atoms with van der Waals surface area (Å²) in [6.45, 7) is 11.2. The Morgan fingerprint density at radius 3 is 2.10 bits per heavy atom. The summed E-state index contributed by atoms with van der Waals surface area (Å²) < 4.78 is 0. The summed E-state index contributed by atoms with van der Waals surface area (Å²) in [6, 6.07) is 15.9. The van der Waals surface area contributed by atoms with Crippen LogP contribution in [0.5, 0.6) is 0 Å². The molecular formula is C21H28. The van der Waals surface area contributed by atoms with E-state index in [1.54, 1.807) is 0 Å². The highest BCUT2D eigenvalue weighted by Gasteiger charge is 2.12. The molecule has 0 heteroatoms. The van der Waals surface area contributed by atoms with Gasteiger partial charge in [-0.05, 0) is 60.8 Å². The highest BCUT2D eigenvalue weighted by molar-refractivity contribution is 5.31. The number of hydrogen-bond donors (Lipinski definition) is 0. The fraction of sp³-hybridized carbons (Fsp3) is 0.429. The van der Waals surface area contributed by atoms with E-state index in [1.165, 1.54) is 40.7 Å². The first-order chi connectivity index (χ1) is 9.86. The maximum absolute atomic E-state index is 2.33. The van der Waals surface area contributed by atoms with Crippen LogP contribution in [0.3, 0.4) is 0 Å². The minimum atomic E-state index is 0.247. The molecule has 0 radical (unpaired) electrons. The van der Waals surface area contributed by atoms with Crippen molar-refractivity contribution in [2.45, 2.75) is 59.3 Å². The van der Waals surface area contributed by atoms with E-state index in [1.807, 2.05) is 0 Å². The maximum atomic E-state index is 2.33. The molecule has 0 N–H and O–H groups in total. The Morgan fingerprint density at radius 2 is 1.48 bits per heavy atom. The minimum Gasteiger partial charge on any atom is -0.0590 e. The second-order valence-corrected chi connectivity index (χ2v) is 7.23. The fourth-order valence-corrected chi connectivity index (χ4v) is 2.72. The van der Waals surface area contributed by atoms with E-state index < -0.39 is 0 Å². The molecule has 0 amide bonds. The van der Waals surface area contributed by atoms with Gasteiger partial charge in [0.05, 0.1) is 0 Å². The summed E-state index contributed by atoms with van der Waals surface area (Å²) in [6.07, 6.45) is 3.56. The van der Waals surface area contributed by atoms with Gasteiger partial charge in [-0.25, -0.2) is 0 Å². The molecule has 0 aliphatic heterocycles. The molecule has 0 aromatic heterocycles. The summed E-state index contributed by atoms with van der Waals surface area (Å²) in [4.78, 5) is 0. The van der Waals surface area contributed by atoms with Crippen molar-refractivity contribution in [2.75, 3.05) is 0 Å². The SMILES string of the molecule is Cc1ccc(C)c(CCCc2ccc(C(C)(C)C)cc2)c1. The first kappa shape index (κ1) is 15.8. The molecule has 0 bridgehead atoms. The highest BCUT2D eigenvalue weighted by Crippen LogP contribution is 2.22. The van der Waals surface area contributed by atoms with Crippen LogP contribution in [0.1, 0.15) is 55.0 Å². The molecule has 112 valence electrons. The lowest BCUT2D eigenvalue weighted by Gasteiger charge is -2.19. The van der Waals surface area contributed by atoms with Gasteiger partial charge in [-0.3, -0.25) is 0 Å². The quantitative estimate of drug-likeness (QED) is 0.666. The largest absolute Gasteiger partial charge is 0.0590 e. The number of aryl methyl sites for hydroxylation is 4. The Morgan fingerprint density at radius 1 is 0.810 bits per heavy atom. The fourth-order valence-electron chi connectivity index (χ4n) is 2.72. The summed E-state index contributed by atoms with van der Waals surface area (Å²) in [5.41, 5.74) is 7.40. The third kappa shape index (κ3) is 4.46. The van der Waals surface area contributed by atoms with Crippen LogP contribution in [0.15, 0.2) is 42.5 Å². The second-order valence-electron chi connectivity index (χ2n) is 7.23. The molecule has 2 aromatic rings. The van der Waals surface area contributed by atoms with Crippen molar-refractivity contribution in [1.82, 2.24) is 0 Å². The van der Waals surface area contributed by atoms with E-state index in [0.29, 0.717) is 0 Å². The van der Waals surface area contributed by atoms with Crippen LogP contribution < -0.4 is 0 Å². The Hall–Kier alpha value is -1.56. The second kappa shape index (κ2) is 6.47. The Balaban J connectivity index is 1.93. The predicted molar refractivity (Wildman–Crippen MR) is 93.1 cm³/mol. The van der Waals surface area contributed by atoms with Crippen LogP contribution >= 0.6 is 0 Å². The molecule has 2 rings (SSSR count). The summed E-state index contributed by atoms with van der Waals surface area (Å²) in [5.74, 6) is 0. The van der Waals surface area contributed by atoms with Crippen molar-refractivity contribution < 1.29 is 0 Å². The third-order valence-corrected chi connectivity index (χ3v) is 4.24. The van der Waals surface area contributed by atoms with Gasteiger partial charge in [0.25, 0.3) is 0 Å². The number of rotatable bonds is 4. The van der Waals surface area contributed by atoms with Crippen LogP contribution in [-0.2, 0) is 18.3 Å². The zero-order valence-electron chi connectivity index (χ0n) is 14.2. The van der Waals surface area contributed by atoms with Crippen LogP contribution in [0, 0.1) is 13.8 Å². The maximum Gasteiger partial charge on any atom is -0.0132 e. The van der Waals surface area contributed by atoms with Crippen molar-refractivity contribution in [3.63, 3.8) is 0 Å². The summed E-state index contributed by atoms with van der Waals surface area (Å²) >= 11 is 0. The van der Waals surface area contributed by atoms with Gasteiger partial charge in [-0.15, -0.1) is 0 Å². The van der Waals surface area contributed by atoms with Crippen molar-refractivity contribution in [2.24, 2.45) is 0 Å². The zero-order valence-corrected chi connectivity index (χ0v) is 14.2. The molecule has 0 heterocycles. The standard InChI is InChI=1S/C21H28/c1-16-9-10-17(2)19(15-16)8-6-7-18-11-13-20(14-12-18)21(3,4)5/h9-15H,6-8H2,1-5H3. The molecule has 0 unspecified atom stereocenters. The van der Waals surface area contributed by atoms with Gasteiger partial charge < -0.3 is 0 Å². The Kier molecular flexibility index (Phi) is 4.88. The lowest BCUT2D eigenvalue weighted by atomic mass is 9.86. The van der Waals surface area contributed by atoms with Crippen LogP contribution in [0.2, 0.25) is 0 Å². The van der Waals surface area contributed by atoms with E-state index >= 15 is 0 Å². The van der Waals surface area contributed by atoms with Gasteiger partial charge in [-0.1, -0.05) is 68.8 Å². The first-order valence-corrected chi connectivity index (χ1v) is 8.02. The molecule has 0 saturated carbocycles. The number of hydrogen-bond acceptors (Lipinski definition) is 0. The normalized spacial score (nSPS) is 11.7. The molecule has 0 fully saturated rings. The minimum absolute atomic E-state index is 0.247. The highest BCUT2D eigenvalue weighted by atomic mass is 14.2. The smallest absolute Gasteiger partial charge is 0.0132 e. The van der Waals surface area contributed by atoms with Gasteiger partial charge in [-0.2, -0.15) is 0 Å². The zero-order chi connectivity index (χ0) is 15.5. The van der Waals surface area contributed by atoms with Crippen LogP contribution in [-0.4, -0.2) is 0 Å². The molecule has 0 saturated heterocycles. The van der Waals surface area contributed by atoms with Gasteiger partial charge >= 0.3 is 0 Å². The molecule has 0 nitrogen and oxygen atoms in total. The van der Waals surface area contributed by atoms with E-state index in [0.717, 1.165) is 6.42 Å². The summed E-state index contributed by atoms with van der Waals surface area (Å²) in [5, 5.41) is 0. The Labute approximate surface area is 130 Å². The monoisotopic (exact) mass is 280 g/mol. The molecule has 0 aliphatic carbocycles. The van der Waals surface area contributed by atoms with Crippen LogP contribution in [0.4, 0.5) is 0 Å². The van der Waals surface area contributed by atoms with Crippen LogP contribution in [0.25, 0.3) is 0 Å². The third-order valence-electron chi connectivity index (χ3n) is 4.24. The molecular weight excluding hydrogens is 252 g/mol. The van der Waals surface area contributed by atoms with E-state index in [2.05, 4.69) is 77.1 Å².